The van der Waals surface area contributed by atoms with Crippen molar-refractivity contribution in [3.63, 3.8) is 0 Å². The molecule has 0 saturated carbocycles. The Kier molecular flexibility index (Phi) is 9.52. The number of amides is 1. The molecule has 2 N–H and O–H groups in total. The summed E-state index contributed by atoms with van der Waals surface area (Å²) in [6.07, 6.45) is 1.62. The van der Waals surface area contributed by atoms with Crippen molar-refractivity contribution in [1.29, 1.82) is 0 Å². The van der Waals surface area contributed by atoms with Gasteiger partial charge in [-0.15, -0.1) is 0 Å². The van der Waals surface area contributed by atoms with Crippen LogP contribution < -0.4 is 10.2 Å². The van der Waals surface area contributed by atoms with E-state index in [9.17, 15) is 23.9 Å². The zero-order valence-corrected chi connectivity index (χ0v) is 23.6. The van der Waals surface area contributed by atoms with Crippen molar-refractivity contribution in [3.05, 3.63) is 59.5 Å². The SMILES string of the molecule is CCN(CC)CC(=O)c1ccc(N2CCC(C(=O)[C@@]3(N(CC)C(=O)O)CNC[C@H]3c3ccc(F)cc3)CC2)nc1. The van der Waals surface area contributed by atoms with Crippen LogP contribution in [0.2, 0.25) is 0 Å². The number of anilines is 1. The quantitative estimate of drug-likeness (QED) is 0.406. The number of halogens is 1. The van der Waals surface area contributed by atoms with Crippen LogP contribution >= 0.6 is 0 Å². The van der Waals surface area contributed by atoms with Crippen LogP contribution in [0.5, 0.6) is 0 Å². The predicted octanol–water partition coefficient (Wildman–Crippen LogP) is 3.66. The maximum absolute atomic E-state index is 14.3. The van der Waals surface area contributed by atoms with E-state index in [-0.39, 0.29) is 36.4 Å². The number of rotatable bonds is 11. The standard InChI is InChI=1S/C30H40FN5O4/c1-4-34(5-2)19-26(37)23-9-12-27(33-17-23)35-15-13-22(14-16-35)28(38)30(36(6-3)29(39)40)20-32-18-25(30)21-7-10-24(31)11-8-21/h7-12,17,22,25,32H,4-6,13-16,18-20H2,1-3H3,(H,39,40)/t25-,30+/m0/s1. The number of carbonyl (C=O) groups is 3. The van der Waals surface area contributed by atoms with Gasteiger partial charge in [-0.1, -0.05) is 26.0 Å². The average molecular weight is 554 g/mol. The highest BCUT2D eigenvalue weighted by atomic mass is 19.1. The summed E-state index contributed by atoms with van der Waals surface area (Å²) in [6, 6.07) is 9.67. The summed E-state index contributed by atoms with van der Waals surface area (Å²) in [4.78, 5) is 49.3. The molecule has 0 spiro atoms. The van der Waals surface area contributed by atoms with Crippen LogP contribution in [0.4, 0.5) is 15.0 Å². The van der Waals surface area contributed by atoms with E-state index in [1.165, 1.54) is 17.0 Å². The molecular formula is C30H40FN5O4. The topological polar surface area (TPSA) is 106 Å². The molecular weight excluding hydrogens is 513 g/mol. The molecule has 40 heavy (non-hydrogen) atoms. The van der Waals surface area contributed by atoms with Gasteiger partial charge in [0.15, 0.2) is 11.6 Å². The molecule has 1 aromatic heterocycles. The van der Waals surface area contributed by atoms with E-state index in [1.54, 1.807) is 25.3 Å². The zero-order valence-electron chi connectivity index (χ0n) is 23.6. The van der Waals surface area contributed by atoms with Crippen molar-refractivity contribution < 1.29 is 23.9 Å². The highest BCUT2D eigenvalue weighted by Crippen LogP contribution is 2.41. The zero-order chi connectivity index (χ0) is 28.9. The number of benzene rings is 1. The second-order valence-corrected chi connectivity index (χ2v) is 10.6. The molecule has 0 unspecified atom stereocenters. The number of hydrogen-bond acceptors (Lipinski definition) is 7. The maximum atomic E-state index is 14.3. The van der Waals surface area contributed by atoms with Crippen molar-refractivity contribution in [2.24, 2.45) is 5.92 Å². The van der Waals surface area contributed by atoms with Crippen LogP contribution in [0, 0.1) is 11.7 Å². The lowest BCUT2D eigenvalue weighted by molar-refractivity contribution is -0.135. The van der Waals surface area contributed by atoms with Gasteiger partial charge in [0.1, 0.15) is 17.2 Å². The Hall–Kier alpha value is -3.37. The number of aromatic nitrogens is 1. The predicted molar refractivity (Wildman–Crippen MR) is 151 cm³/mol. The number of nitrogens with zero attached hydrogens (tertiary/aromatic N) is 4. The first kappa shape index (κ1) is 29.6. The van der Waals surface area contributed by atoms with Crippen LogP contribution in [0.1, 0.15) is 55.5 Å². The molecule has 9 nitrogen and oxygen atoms in total. The van der Waals surface area contributed by atoms with Crippen molar-refractivity contribution in [3.8, 4) is 0 Å². The van der Waals surface area contributed by atoms with Crippen LogP contribution in [0.3, 0.4) is 0 Å². The van der Waals surface area contributed by atoms with Crippen molar-refractivity contribution in [1.82, 2.24) is 20.1 Å². The second kappa shape index (κ2) is 12.9. The van der Waals surface area contributed by atoms with Gasteiger partial charge in [0.2, 0.25) is 0 Å². The highest BCUT2D eigenvalue weighted by Gasteiger charge is 2.56. The van der Waals surface area contributed by atoms with Gasteiger partial charge in [-0.2, -0.15) is 0 Å². The highest BCUT2D eigenvalue weighted by molar-refractivity contribution is 5.97. The molecule has 2 aromatic rings. The van der Waals surface area contributed by atoms with Crippen molar-refractivity contribution in [2.75, 3.05) is 57.3 Å². The van der Waals surface area contributed by atoms with Gasteiger partial charge in [-0.25, -0.2) is 14.2 Å². The summed E-state index contributed by atoms with van der Waals surface area (Å²) in [7, 11) is 0. The van der Waals surface area contributed by atoms with Crippen molar-refractivity contribution >= 4 is 23.5 Å². The lowest BCUT2D eigenvalue weighted by atomic mass is 9.71. The first-order valence-electron chi connectivity index (χ1n) is 14.2. The summed E-state index contributed by atoms with van der Waals surface area (Å²) in [5.74, 6) is -0.398. The van der Waals surface area contributed by atoms with E-state index < -0.39 is 17.6 Å². The summed E-state index contributed by atoms with van der Waals surface area (Å²) < 4.78 is 13.7. The molecule has 10 heteroatoms. The first-order valence-corrected chi connectivity index (χ1v) is 14.2. The van der Waals surface area contributed by atoms with E-state index in [4.69, 9.17) is 0 Å². The maximum Gasteiger partial charge on any atom is 0.408 e. The number of piperidine rings is 1. The van der Waals surface area contributed by atoms with E-state index >= 15 is 0 Å². The Morgan fingerprint density at radius 3 is 2.27 bits per heavy atom. The molecule has 2 aliphatic rings. The summed E-state index contributed by atoms with van der Waals surface area (Å²) in [5, 5.41) is 13.4. The molecule has 2 aliphatic heterocycles. The van der Waals surface area contributed by atoms with Gasteiger partial charge in [-0.05, 0) is 62.7 Å². The van der Waals surface area contributed by atoms with E-state index in [0.29, 0.717) is 44.6 Å². The van der Waals surface area contributed by atoms with E-state index in [0.717, 1.165) is 24.5 Å². The Balaban J connectivity index is 1.49. The van der Waals surface area contributed by atoms with Crippen molar-refractivity contribution in [2.45, 2.75) is 45.1 Å². The van der Waals surface area contributed by atoms with Crippen LogP contribution in [-0.2, 0) is 4.79 Å². The van der Waals surface area contributed by atoms with Crippen LogP contribution in [-0.4, -0.2) is 95.4 Å². The number of Topliss-reactive ketones (excluding diaryl/α,β-unsaturated/α-hetero) is 2. The van der Waals surface area contributed by atoms with E-state index in [2.05, 4.69) is 20.1 Å². The Morgan fingerprint density at radius 1 is 1.05 bits per heavy atom. The summed E-state index contributed by atoms with van der Waals surface area (Å²) >= 11 is 0. The number of ketones is 2. The van der Waals surface area contributed by atoms with Gasteiger partial charge in [0.25, 0.3) is 0 Å². The number of hydrogen-bond donors (Lipinski definition) is 2. The van der Waals surface area contributed by atoms with Crippen LogP contribution in [0.25, 0.3) is 0 Å². The third-order valence-corrected chi connectivity index (χ3v) is 8.57. The normalized spacial score (nSPS) is 21.5. The van der Waals surface area contributed by atoms with Gasteiger partial charge in [-0.3, -0.25) is 19.4 Å². The minimum absolute atomic E-state index is 0.0390. The van der Waals surface area contributed by atoms with Gasteiger partial charge in [0, 0.05) is 56.3 Å². The molecule has 1 amide bonds. The minimum Gasteiger partial charge on any atom is -0.465 e. The fourth-order valence-electron chi connectivity index (χ4n) is 6.26. The molecule has 216 valence electrons. The Morgan fingerprint density at radius 2 is 1.73 bits per heavy atom. The minimum atomic E-state index is -1.27. The molecule has 1 aromatic carbocycles. The molecule has 4 rings (SSSR count). The average Bonchev–Trinajstić information content (AvgIpc) is 3.41. The Bertz CT molecular complexity index is 1180. The molecule has 3 heterocycles. The van der Waals surface area contributed by atoms with E-state index in [1.807, 2.05) is 26.0 Å². The number of nitrogens with one attached hydrogen (secondary N) is 1. The molecule has 2 fully saturated rings. The largest absolute Gasteiger partial charge is 0.465 e. The summed E-state index contributed by atoms with van der Waals surface area (Å²) in [5.41, 5.74) is 0.0596. The number of pyridine rings is 1. The second-order valence-electron chi connectivity index (χ2n) is 10.6. The third kappa shape index (κ3) is 5.88. The molecule has 2 saturated heterocycles. The first-order chi connectivity index (χ1) is 19.2. The monoisotopic (exact) mass is 553 g/mol. The number of carbonyl (C=O) groups excluding carboxylic acids is 2. The van der Waals surface area contributed by atoms with Crippen LogP contribution in [0.15, 0.2) is 42.6 Å². The molecule has 0 radical (unpaired) electrons. The smallest absolute Gasteiger partial charge is 0.408 e. The lowest BCUT2D eigenvalue weighted by Gasteiger charge is -2.45. The third-order valence-electron chi connectivity index (χ3n) is 8.57. The molecule has 0 bridgehead atoms. The fraction of sp³-hybridized carbons (Fsp3) is 0.533. The number of likely N-dealkylation sites (N-methyl/N-ethyl adjacent to an activating group) is 2. The molecule has 0 aliphatic carbocycles. The number of carboxylic acid groups (broad SMARTS) is 1. The van der Waals surface area contributed by atoms with Gasteiger partial charge >= 0.3 is 6.09 Å². The van der Waals surface area contributed by atoms with Gasteiger partial charge in [0.05, 0.1) is 6.54 Å². The lowest BCUT2D eigenvalue weighted by Crippen LogP contribution is -2.63. The Labute approximate surface area is 235 Å². The fourth-order valence-corrected chi connectivity index (χ4v) is 6.26. The summed E-state index contributed by atoms with van der Waals surface area (Å²) in [6.45, 7) is 9.81. The molecule has 2 atom stereocenters. The van der Waals surface area contributed by atoms with Gasteiger partial charge < -0.3 is 15.3 Å².